The Bertz CT molecular complexity index is 450. The first-order valence-corrected chi connectivity index (χ1v) is 8.44. The minimum Gasteiger partial charge on any atom is -0.380 e. The molecule has 4 nitrogen and oxygen atoms in total. The van der Waals surface area contributed by atoms with Gasteiger partial charge in [0.15, 0.2) is 0 Å². The van der Waals surface area contributed by atoms with Crippen LogP contribution in [0.3, 0.4) is 0 Å². The highest BCUT2D eigenvalue weighted by Gasteiger charge is 2.38. The van der Waals surface area contributed by atoms with E-state index in [4.69, 9.17) is 0 Å². The molecule has 1 aliphatic carbocycles. The number of likely N-dealkylation sites (tertiary alicyclic amines) is 1. The van der Waals surface area contributed by atoms with Gasteiger partial charge in [0, 0.05) is 37.8 Å². The zero-order valence-corrected chi connectivity index (χ0v) is 13.5. The van der Waals surface area contributed by atoms with Crippen molar-refractivity contribution < 1.29 is 0 Å². The van der Waals surface area contributed by atoms with Crippen molar-refractivity contribution in [2.45, 2.75) is 58.2 Å². The molecule has 2 aliphatic rings. The maximum absolute atomic E-state index is 4.60. The number of nitrogens with one attached hydrogen (secondary N) is 1. The normalized spacial score (nSPS) is 26.0. The molecule has 1 N–H and O–H groups in total. The number of anilines is 2. The standard InChI is InChI=1S/C17H28N4/c1-4-20(5-2)17-9-6-14(11-18-17)19-15-10-13(3)21(12-15)16-7-8-16/h6,9,11,13,15-16,19H,4-5,7-8,10,12H2,1-3H3. The predicted molar refractivity (Wildman–Crippen MR) is 89.0 cm³/mol. The van der Waals surface area contributed by atoms with Gasteiger partial charge in [0.1, 0.15) is 5.82 Å². The first-order chi connectivity index (χ1) is 10.2. The smallest absolute Gasteiger partial charge is 0.128 e. The Hall–Kier alpha value is -1.29. The van der Waals surface area contributed by atoms with Crippen LogP contribution < -0.4 is 10.2 Å². The fourth-order valence-corrected chi connectivity index (χ4v) is 3.52. The van der Waals surface area contributed by atoms with Gasteiger partial charge in [0.2, 0.25) is 0 Å². The van der Waals surface area contributed by atoms with E-state index >= 15 is 0 Å². The van der Waals surface area contributed by atoms with E-state index in [0.717, 1.165) is 36.7 Å². The minimum absolute atomic E-state index is 0.571. The zero-order valence-electron chi connectivity index (χ0n) is 13.5. The molecule has 4 heteroatoms. The molecule has 0 radical (unpaired) electrons. The lowest BCUT2D eigenvalue weighted by molar-refractivity contribution is 0.257. The summed E-state index contributed by atoms with van der Waals surface area (Å²) in [5.41, 5.74) is 1.15. The molecule has 1 saturated carbocycles. The summed E-state index contributed by atoms with van der Waals surface area (Å²) in [6.45, 7) is 9.90. The van der Waals surface area contributed by atoms with E-state index in [1.54, 1.807) is 0 Å². The van der Waals surface area contributed by atoms with Crippen LogP contribution in [0.25, 0.3) is 0 Å². The van der Waals surface area contributed by atoms with Gasteiger partial charge in [0.25, 0.3) is 0 Å². The number of aromatic nitrogens is 1. The average molecular weight is 288 g/mol. The van der Waals surface area contributed by atoms with Crippen molar-refractivity contribution in [2.75, 3.05) is 29.9 Å². The van der Waals surface area contributed by atoms with Crippen molar-refractivity contribution >= 4 is 11.5 Å². The summed E-state index contributed by atoms with van der Waals surface area (Å²) in [5.74, 6) is 1.07. The fraction of sp³-hybridized carbons (Fsp3) is 0.706. The van der Waals surface area contributed by atoms with Gasteiger partial charge in [-0.25, -0.2) is 4.98 Å². The SMILES string of the molecule is CCN(CC)c1ccc(NC2CC(C)N(C3CC3)C2)cn1. The Morgan fingerprint density at radius 3 is 2.62 bits per heavy atom. The molecule has 1 aliphatic heterocycles. The number of pyridine rings is 1. The Morgan fingerprint density at radius 2 is 2.05 bits per heavy atom. The largest absolute Gasteiger partial charge is 0.380 e. The highest BCUT2D eigenvalue weighted by atomic mass is 15.3. The minimum atomic E-state index is 0.571. The third-order valence-electron chi connectivity index (χ3n) is 4.84. The van der Waals surface area contributed by atoms with Gasteiger partial charge >= 0.3 is 0 Å². The van der Waals surface area contributed by atoms with Gasteiger partial charge in [-0.15, -0.1) is 0 Å². The predicted octanol–water partition coefficient (Wildman–Crippen LogP) is 2.96. The molecule has 1 aromatic rings. The maximum atomic E-state index is 4.60. The first-order valence-electron chi connectivity index (χ1n) is 8.44. The summed E-state index contributed by atoms with van der Waals surface area (Å²) in [6, 6.07) is 6.46. The second kappa shape index (κ2) is 6.22. The Kier molecular flexibility index (Phi) is 4.34. The quantitative estimate of drug-likeness (QED) is 0.872. The van der Waals surface area contributed by atoms with Crippen LogP contribution in [0, 0.1) is 0 Å². The van der Waals surface area contributed by atoms with Crippen molar-refractivity contribution in [3.63, 3.8) is 0 Å². The number of hydrogen-bond acceptors (Lipinski definition) is 4. The van der Waals surface area contributed by atoms with E-state index in [9.17, 15) is 0 Å². The molecule has 0 aromatic carbocycles. The van der Waals surface area contributed by atoms with E-state index in [0.29, 0.717) is 6.04 Å². The molecule has 0 spiro atoms. The van der Waals surface area contributed by atoms with Crippen LogP contribution in [0.2, 0.25) is 0 Å². The summed E-state index contributed by atoms with van der Waals surface area (Å²) in [4.78, 5) is 9.55. The second-order valence-electron chi connectivity index (χ2n) is 6.43. The Morgan fingerprint density at radius 1 is 1.29 bits per heavy atom. The molecule has 1 saturated heterocycles. The van der Waals surface area contributed by atoms with Crippen LogP contribution in [0.4, 0.5) is 11.5 Å². The van der Waals surface area contributed by atoms with Crippen molar-refractivity contribution in [2.24, 2.45) is 0 Å². The summed E-state index contributed by atoms with van der Waals surface area (Å²) in [7, 11) is 0. The monoisotopic (exact) mass is 288 g/mol. The lowest BCUT2D eigenvalue weighted by Crippen LogP contribution is -2.31. The number of hydrogen-bond donors (Lipinski definition) is 1. The third-order valence-corrected chi connectivity index (χ3v) is 4.84. The molecular weight excluding hydrogens is 260 g/mol. The van der Waals surface area contributed by atoms with Crippen molar-refractivity contribution in [3.05, 3.63) is 18.3 Å². The zero-order chi connectivity index (χ0) is 14.8. The van der Waals surface area contributed by atoms with Crippen LogP contribution in [0.5, 0.6) is 0 Å². The van der Waals surface area contributed by atoms with Gasteiger partial charge in [-0.2, -0.15) is 0 Å². The molecule has 0 bridgehead atoms. The summed E-state index contributed by atoms with van der Waals surface area (Å²) >= 11 is 0. The summed E-state index contributed by atoms with van der Waals surface area (Å²) in [6.07, 6.45) is 6.03. The molecule has 0 amide bonds. The molecule has 116 valence electrons. The summed E-state index contributed by atoms with van der Waals surface area (Å²) in [5, 5.41) is 3.66. The lowest BCUT2D eigenvalue weighted by Gasteiger charge is -2.21. The van der Waals surface area contributed by atoms with E-state index in [-0.39, 0.29) is 0 Å². The van der Waals surface area contributed by atoms with Gasteiger partial charge < -0.3 is 10.2 Å². The third kappa shape index (κ3) is 3.31. The summed E-state index contributed by atoms with van der Waals surface area (Å²) < 4.78 is 0. The molecule has 2 atom stereocenters. The van der Waals surface area contributed by atoms with E-state index in [2.05, 4.69) is 53.0 Å². The molecule has 2 heterocycles. The second-order valence-corrected chi connectivity index (χ2v) is 6.43. The van der Waals surface area contributed by atoms with E-state index in [1.165, 1.54) is 25.8 Å². The van der Waals surface area contributed by atoms with Crippen LogP contribution in [0.1, 0.15) is 40.0 Å². The van der Waals surface area contributed by atoms with E-state index in [1.807, 2.05) is 6.20 Å². The van der Waals surface area contributed by atoms with Crippen LogP contribution in [0.15, 0.2) is 18.3 Å². The Labute approximate surface area is 128 Å². The van der Waals surface area contributed by atoms with Gasteiger partial charge in [-0.1, -0.05) is 0 Å². The van der Waals surface area contributed by atoms with Crippen LogP contribution in [-0.2, 0) is 0 Å². The topological polar surface area (TPSA) is 31.4 Å². The highest BCUT2D eigenvalue weighted by Crippen LogP contribution is 2.34. The van der Waals surface area contributed by atoms with Gasteiger partial charge in [-0.3, -0.25) is 4.90 Å². The Balaban J connectivity index is 1.58. The van der Waals surface area contributed by atoms with Crippen molar-refractivity contribution in [1.29, 1.82) is 0 Å². The van der Waals surface area contributed by atoms with Crippen molar-refractivity contribution in [1.82, 2.24) is 9.88 Å². The molecule has 2 fully saturated rings. The van der Waals surface area contributed by atoms with Crippen molar-refractivity contribution in [3.8, 4) is 0 Å². The first kappa shape index (κ1) is 14.6. The van der Waals surface area contributed by atoms with Crippen LogP contribution >= 0.6 is 0 Å². The molecule has 21 heavy (non-hydrogen) atoms. The molecule has 2 unspecified atom stereocenters. The van der Waals surface area contributed by atoms with Gasteiger partial charge in [0.05, 0.1) is 11.9 Å². The fourth-order valence-electron chi connectivity index (χ4n) is 3.52. The highest BCUT2D eigenvalue weighted by molar-refractivity contribution is 5.49. The molecule has 1 aromatic heterocycles. The number of nitrogens with zero attached hydrogens (tertiary/aromatic N) is 3. The van der Waals surface area contributed by atoms with Gasteiger partial charge in [-0.05, 0) is 52.2 Å². The van der Waals surface area contributed by atoms with Crippen LogP contribution in [-0.4, -0.2) is 47.6 Å². The molecular formula is C17H28N4. The molecule has 3 rings (SSSR count). The average Bonchev–Trinajstić information content (AvgIpc) is 3.26. The maximum Gasteiger partial charge on any atom is 0.128 e. The number of rotatable bonds is 6. The lowest BCUT2D eigenvalue weighted by atomic mass is 10.2. The van der Waals surface area contributed by atoms with E-state index < -0.39 is 0 Å².